The van der Waals surface area contributed by atoms with Gasteiger partial charge in [-0.05, 0) is 19.1 Å². The fourth-order valence-electron chi connectivity index (χ4n) is 2.17. The van der Waals surface area contributed by atoms with Gasteiger partial charge in [-0.2, -0.15) is 28.5 Å². The van der Waals surface area contributed by atoms with Gasteiger partial charge in [0.15, 0.2) is 27.7 Å². The van der Waals surface area contributed by atoms with Crippen molar-refractivity contribution < 1.29 is 26.3 Å². The summed E-state index contributed by atoms with van der Waals surface area (Å²) in [5.74, 6) is -0.393. The van der Waals surface area contributed by atoms with Crippen LogP contribution in [0.5, 0.6) is 0 Å². The highest BCUT2D eigenvalue weighted by atomic mass is 35.5. The molecule has 0 fully saturated rings. The number of benzene rings is 1. The zero-order valence-corrected chi connectivity index (χ0v) is 16.6. The second-order valence-electron chi connectivity index (χ2n) is 5.27. The third-order valence-corrected chi connectivity index (χ3v) is 4.96. The summed E-state index contributed by atoms with van der Waals surface area (Å²) in [5, 5.41) is 12.1. The molecule has 0 radical (unpaired) electrons. The molecule has 0 saturated carbocycles. The van der Waals surface area contributed by atoms with E-state index in [0.717, 1.165) is 17.3 Å². The summed E-state index contributed by atoms with van der Waals surface area (Å²) < 4.78 is 68.8. The Morgan fingerprint density at radius 2 is 1.93 bits per heavy atom. The maximum absolute atomic E-state index is 12.9. The van der Waals surface area contributed by atoms with Crippen LogP contribution < -0.4 is 0 Å². The lowest BCUT2D eigenvalue weighted by molar-refractivity contribution is -0.137. The van der Waals surface area contributed by atoms with E-state index in [2.05, 4.69) is 10.1 Å². The van der Waals surface area contributed by atoms with Gasteiger partial charge in [-0.25, -0.2) is 13.1 Å². The van der Waals surface area contributed by atoms with Crippen LogP contribution in [0.15, 0.2) is 22.0 Å². The number of nitrogens with zero attached hydrogens (tertiary/aromatic N) is 4. The summed E-state index contributed by atoms with van der Waals surface area (Å²) >= 11 is 11.9. The molecule has 1 aromatic heterocycles. The van der Waals surface area contributed by atoms with Crippen molar-refractivity contribution >= 4 is 45.3 Å². The minimum absolute atomic E-state index is 0.207. The van der Waals surface area contributed by atoms with Gasteiger partial charge < -0.3 is 4.74 Å². The number of nitriles is 1. The van der Waals surface area contributed by atoms with Crippen molar-refractivity contribution in [1.82, 2.24) is 9.78 Å². The lowest BCUT2D eigenvalue weighted by Gasteiger charge is -2.13. The highest BCUT2D eigenvalue weighted by Gasteiger charge is 2.33. The van der Waals surface area contributed by atoms with Crippen LogP contribution in [-0.4, -0.2) is 37.5 Å². The lowest BCUT2D eigenvalue weighted by Crippen LogP contribution is -2.07. The molecule has 2 aromatic rings. The standard InChI is InChI=1S/C15H11Cl2F3N4O3S/c1-3-27-7-22-14-13(28(2,25)26)11(6-21)23-24(14)12-9(16)4-8(5-10(12)17)15(18,19)20/h4-5,7H,3H2,1-2H3. The fraction of sp³-hybridized carbons (Fsp3) is 0.267. The van der Waals surface area contributed by atoms with E-state index in [1.165, 1.54) is 0 Å². The maximum atomic E-state index is 12.9. The highest BCUT2D eigenvalue weighted by Crippen LogP contribution is 2.40. The molecule has 1 heterocycles. The van der Waals surface area contributed by atoms with Crippen LogP contribution in [0.1, 0.15) is 18.2 Å². The average molecular weight is 455 g/mol. The first-order valence-corrected chi connectivity index (χ1v) is 10.0. The number of aromatic nitrogens is 2. The normalized spacial score (nSPS) is 12.4. The second-order valence-corrected chi connectivity index (χ2v) is 8.04. The Labute approximate surface area is 167 Å². The van der Waals surface area contributed by atoms with E-state index in [1.54, 1.807) is 13.0 Å². The minimum Gasteiger partial charge on any atom is -0.483 e. The average Bonchev–Trinajstić information content (AvgIpc) is 2.92. The van der Waals surface area contributed by atoms with Crippen LogP contribution in [0.2, 0.25) is 10.0 Å². The topological polar surface area (TPSA) is 97.3 Å². The quantitative estimate of drug-likeness (QED) is 0.498. The molecular formula is C15H11Cl2F3N4O3S. The fourth-order valence-corrected chi connectivity index (χ4v) is 3.73. The first-order valence-electron chi connectivity index (χ1n) is 7.35. The summed E-state index contributed by atoms with van der Waals surface area (Å²) in [6, 6.07) is 2.81. The molecule has 0 atom stereocenters. The van der Waals surface area contributed by atoms with E-state index >= 15 is 0 Å². The number of ether oxygens (including phenoxy) is 1. The van der Waals surface area contributed by atoms with Crippen LogP contribution in [0.3, 0.4) is 0 Å². The van der Waals surface area contributed by atoms with E-state index in [4.69, 9.17) is 27.9 Å². The van der Waals surface area contributed by atoms with Gasteiger partial charge in [-0.15, -0.1) is 0 Å². The number of alkyl halides is 3. The molecule has 1 aromatic carbocycles. The summed E-state index contributed by atoms with van der Waals surface area (Å²) in [5.41, 5.74) is -1.91. The summed E-state index contributed by atoms with van der Waals surface area (Å²) in [6.45, 7) is 1.85. The summed E-state index contributed by atoms with van der Waals surface area (Å²) in [7, 11) is -4.00. The number of sulfone groups is 1. The van der Waals surface area contributed by atoms with Crippen molar-refractivity contribution in [3.63, 3.8) is 0 Å². The zero-order chi connectivity index (χ0) is 21.3. The van der Waals surface area contributed by atoms with Gasteiger partial charge in [0.2, 0.25) is 0 Å². The van der Waals surface area contributed by atoms with E-state index in [-0.39, 0.29) is 12.3 Å². The molecular weight excluding hydrogens is 444 g/mol. The molecule has 0 unspecified atom stereocenters. The Balaban J connectivity index is 2.87. The van der Waals surface area contributed by atoms with Crippen molar-refractivity contribution in [2.75, 3.05) is 12.9 Å². The number of hydrogen-bond acceptors (Lipinski definition) is 6. The van der Waals surface area contributed by atoms with Gasteiger partial charge in [-0.3, -0.25) is 0 Å². The molecule has 7 nitrogen and oxygen atoms in total. The molecule has 0 amide bonds. The number of rotatable bonds is 5. The highest BCUT2D eigenvalue weighted by molar-refractivity contribution is 7.91. The predicted octanol–water partition coefficient (Wildman–Crippen LogP) is 4.17. The largest absolute Gasteiger partial charge is 0.483 e. The number of aliphatic imine (C=N–C) groups is 1. The summed E-state index contributed by atoms with van der Waals surface area (Å²) in [6.07, 6.45) is -2.97. The Hall–Kier alpha value is -2.29. The van der Waals surface area contributed by atoms with Crippen molar-refractivity contribution in [2.45, 2.75) is 18.0 Å². The third-order valence-electron chi connectivity index (χ3n) is 3.27. The van der Waals surface area contributed by atoms with E-state index in [1.807, 2.05) is 0 Å². The minimum atomic E-state index is -4.71. The van der Waals surface area contributed by atoms with Crippen LogP contribution in [0, 0.1) is 11.3 Å². The lowest BCUT2D eigenvalue weighted by atomic mass is 10.2. The molecule has 0 N–H and O–H groups in total. The van der Waals surface area contributed by atoms with Crippen molar-refractivity contribution in [3.05, 3.63) is 33.4 Å². The molecule has 150 valence electrons. The first kappa shape index (κ1) is 22.0. The van der Waals surface area contributed by atoms with Crippen molar-refractivity contribution in [1.29, 1.82) is 5.26 Å². The number of hydrogen-bond donors (Lipinski definition) is 0. The molecule has 28 heavy (non-hydrogen) atoms. The van der Waals surface area contributed by atoms with E-state index in [0.29, 0.717) is 12.1 Å². The smallest absolute Gasteiger partial charge is 0.416 e. The molecule has 0 aliphatic carbocycles. The Morgan fingerprint density at radius 3 is 2.36 bits per heavy atom. The second kappa shape index (κ2) is 7.98. The maximum Gasteiger partial charge on any atom is 0.416 e. The van der Waals surface area contributed by atoms with Crippen LogP contribution in [0.25, 0.3) is 5.69 Å². The first-order chi connectivity index (χ1) is 12.9. The molecule has 0 saturated heterocycles. The van der Waals surface area contributed by atoms with Crippen molar-refractivity contribution in [3.8, 4) is 11.8 Å². The van der Waals surface area contributed by atoms with Crippen LogP contribution in [-0.2, 0) is 20.8 Å². The van der Waals surface area contributed by atoms with Gasteiger partial charge in [0, 0.05) is 6.26 Å². The molecule has 2 rings (SSSR count). The molecule has 0 bridgehead atoms. The van der Waals surface area contributed by atoms with Gasteiger partial charge in [0.05, 0.1) is 22.2 Å². The monoisotopic (exact) mass is 454 g/mol. The molecule has 0 aliphatic heterocycles. The van der Waals surface area contributed by atoms with Gasteiger partial charge in [0.25, 0.3) is 0 Å². The van der Waals surface area contributed by atoms with Crippen LogP contribution >= 0.6 is 23.2 Å². The van der Waals surface area contributed by atoms with Gasteiger partial charge in [0.1, 0.15) is 16.7 Å². The van der Waals surface area contributed by atoms with Crippen LogP contribution in [0.4, 0.5) is 19.0 Å². The molecule has 13 heteroatoms. The number of halogens is 5. The van der Waals surface area contributed by atoms with Gasteiger partial charge in [-0.1, -0.05) is 23.2 Å². The van der Waals surface area contributed by atoms with E-state index < -0.39 is 48.0 Å². The molecule has 0 spiro atoms. The summed E-state index contributed by atoms with van der Waals surface area (Å²) in [4.78, 5) is 3.30. The third kappa shape index (κ3) is 4.40. The Morgan fingerprint density at radius 1 is 1.36 bits per heavy atom. The van der Waals surface area contributed by atoms with E-state index in [9.17, 15) is 26.9 Å². The predicted molar refractivity (Wildman–Crippen MR) is 96.2 cm³/mol. The Bertz CT molecular complexity index is 1070. The molecule has 0 aliphatic rings. The SMILES string of the molecule is CCOC=Nc1c(S(C)(=O)=O)c(C#N)nn1-c1c(Cl)cc(C(F)(F)F)cc1Cl. The zero-order valence-electron chi connectivity index (χ0n) is 14.3. The van der Waals surface area contributed by atoms with Crippen molar-refractivity contribution in [2.24, 2.45) is 4.99 Å². The van der Waals surface area contributed by atoms with Gasteiger partial charge >= 0.3 is 6.18 Å². The Kier molecular flexibility index (Phi) is 6.27.